The number of hydrogen-bond donors (Lipinski definition) is 0. The molecule has 152 valence electrons. The van der Waals surface area contributed by atoms with Crippen molar-refractivity contribution in [2.45, 2.75) is 38.8 Å². The van der Waals surface area contributed by atoms with Gasteiger partial charge in [-0.3, -0.25) is 9.78 Å². The summed E-state index contributed by atoms with van der Waals surface area (Å²) >= 11 is 5.92. The number of fused-ring (bicyclic) bond motifs is 1. The zero-order valence-electron chi connectivity index (χ0n) is 16.1. The average molecular weight is 416 g/mol. The van der Waals surface area contributed by atoms with E-state index in [1.807, 2.05) is 0 Å². The molecule has 0 aromatic carbocycles. The van der Waals surface area contributed by atoms with Crippen LogP contribution >= 0.6 is 11.6 Å². The van der Waals surface area contributed by atoms with Crippen LogP contribution in [0.15, 0.2) is 30.7 Å². The fourth-order valence-corrected chi connectivity index (χ4v) is 3.97. The van der Waals surface area contributed by atoms with Crippen LogP contribution in [0.5, 0.6) is 0 Å². The number of anilines is 1. The second-order valence-electron chi connectivity index (χ2n) is 7.26. The molecule has 1 unspecified atom stereocenters. The Bertz CT molecular complexity index is 899. The van der Waals surface area contributed by atoms with Crippen molar-refractivity contribution in [2.75, 3.05) is 18.0 Å². The van der Waals surface area contributed by atoms with Crippen LogP contribution in [0, 0.1) is 5.92 Å². The standard InChI is InChI=1S/C20H22ClN5O3/c1-2-3-13-6-10-25(11-7-13)20(28)29-19-17-16(22-8-9-23-17)18(27)26(19)15-5-4-14(21)12-24-15/h4-5,8-9,12-13,19H,2-3,6-7,10-11H2,1H3. The minimum Gasteiger partial charge on any atom is -0.419 e. The van der Waals surface area contributed by atoms with Crippen molar-refractivity contribution < 1.29 is 14.3 Å². The SMILES string of the molecule is CCCC1CCN(C(=O)OC2c3nccnc3C(=O)N2c2ccc(Cl)cn2)CC1. The molecule has 2 aromatic rings. The molecule has 0 saturated carbocycles. The molecule has 8 nitrogen and oxygen atoms in total. The van der Waals surface area contributed by atoms with E-state index in [1.54, 1.807) is 17.0 Å². The number of ether oxygens (including phenoxy) is 1. The zero-order valence-corrected chi connectivity index (χ0v) is 16.9. The van der Waals surface area contributed by atoms with Gasteiger partial charge < -0.3 is 9.64 Å². The Labute approximate surface area is 173 Å². The molecule has 0 spiro atoms. The summed E-state index contributed by atoms with van der Waals surface area (Å²) in [5.74, 6) is 0.555. The van der Waals surface area contributed by atoms with E-state index < -0.39 is 18.2 Å². The highest BCUT2D eigenvalue weighted by molar-refractivity contribution is 6.30. The van der Waals surface area contributed by atoms with Crippen LogP contribution in [0.25, 0.3) is 0 Å². The molecule has 29 heavy (non-hydrogen) atoms. The summed E-state index contributed by atoms with van der Waals surface area (Å²) in [5, 5.41) is 0.442. The number of rotatable bonds is 4. The van der Waals surface area contributed by atoms with Crippen molar-refractivity contribution in [3.8, 4) is 0 Å². The van der Waals surface area contributed by atoms with Gasteiger partial charge in [-0.2, -0.15) is 0 Å². The number of pyridine rings is 1. The smallest absolute Gasteiger partial charge is 0.412 e. The van der Waals surface area contributed by atoms with Crippen LogP contribution < -0.4 is 4.90 Å². The van der Waals surface area contributed by atoms with Gasteiger partial charge in [-0.15, -0.1) is 0 Å². The van der Waals surface area contributed by atoms with Gasteiger partial charge in [0, 0.05) is 31.7 Å². The summed E-state index contributed by atoms with van der Waals surface area (Å²) in [7, 11) is 0. The molecule has 2 aliphatic rings. The van der Waals surface area contributed by atoms with E-state index in [1.165, 1.54) is 29.9 Å². The molecular formula is C20H22ClN5O3. The number of carbonyl (C=O) groups excluding carboxylic acids is 2. The molecule has 1 atom stereocenters. The number of carbonyl (C=O) groups is 2. The maximum absolute atomic E-state index is 12.9. The number of hydrogen-bond acceptors (Lipinski definition) is 6. The summed E-state index contributed by atoms with van der Waals surface area (Å²) in [4.78, 5) is 41.3. The van der Waals surface area contributed by atoms with Crippen LogP contribution in [0.1, 0.15) is 55.0 Å². The molecule has 4 heterocycles. The predicted octanol–water partition coefficient (Wildman–Crippen LogP) is 3.83. The molecule has 0 N–H and O–H groups in total. The van der Waals surface area contributed by atoms with E-state index >= 15 is 0 Å². The molecule has 0 aliphatic carbocycles. The first kappa shape index (κ1) is 19.6. The molecular weight excluding hydrogens is 394 g/mol. The third-order valence-electron chi connectivity index (χ3n) is 5.36. The van der Waals surface area contributed by atoms with Crippen molar-refractivity contribution >= 4 is 29.4 Å². The number of nitrogens with zero attached hydrogens (tertiary/aromatic N) is 5. The average Bonchev–Trinajstić information content (AvgIpc) is 3.01. The van der Waals surface area contributed by atoms with Gasteiger partial charge in [0.1, 0.15) is 11.5 Å². The van der Waals surface area contributed by atoms with E-state index in [2.05, 4.69) is 21.9 Å². The molecule has 4 rings (SSSR count). The molecule has 1 fully saturated rings. The van der Waals surface area contributed by atoms with Gasteiger partial charge in [-0.25, -0.2) is 19.7 Å². The van der Waals surface area contributed by atoms with Crippen LogP contribution in [0.3, 0.4) is 0 Å². The first-order valence-electron chi connectivity index (χ1n) is 9.80. The Morgan fingerprint density at radius 2 is 1.97 bits per heavy atom. The Balaban J connectivity index is 1.55. The Morgan fingerprint density at radius 3 is 2.66 bits per heavy atom. The van der Waals surface area contributed by atoms with Gasteiger partial charge in [-0.1, -0.05) is 31.4 Å². The van der Waals surface area contributed by atoms with Gasteiger partial charge in [0.15, 0.2) is 5.69 Å². The molecule has 9 heteroatoms. The highest BCUT2D eigenvalue weighted by Crippen LogP contribution is 2.36. The third-order valence-corrected chi connectivity index (χ3v) is 5.58. The lowest BCUT2D eigenvalue weighted by atomic mass is 9.93. The van der Waals surface area contributed by atoms with Crippen LogP contribution in [-0.4, -0.2) is 44.9 Å². The van der Waals surface area contributed by atoms with Crippen molar-refractivity contribution in [1.82, 2.24) is 19.9 Å². The molecule has 0 bridgehead atoms. The Morgan fingerprint density at radius 1 is 1.21 bits per heavy atom. The van der Waals surface area contributed by atoms with Gasteiger partial charge >= 0.3 is 6.09 Å². The lowest BCUT2D eigenvalue weighted by Gasteiger charge is -2.33. The van der Waals surface area contributed by atoms with E-state index in [0.29, 0.717) is 35.5 Å². The molecule has 2 amide bonds. The largest absolute Gasteiger partial charge is 0.419 e. The van der Waals surface area contributed by atoms with E-state index in [4.69, 9.17) is 16.3 Å². The Hall–Kier alpha value is -2.74. The second-order valence-corrected chi connectivity index (χ2v) is 7.69. The van der Waals surface area contributed by atoms with E-state index in [0.717, 1.165) is 19.3 Å². The van der Waals surface area contributed by atoms with Gasteiger partial charge in [0.2, 0.25) is 6.23 Å². The highest BCUT2D eigenvalue weighted by atomic mass is 35.5. The summed E-state index contributed by atoms with van der Waals surface area (Å²) < 4.78 is 5.76. The van der Waals surface area contributed by atoms with E-state index in [9.17, 15) is 9.59 Å². The second kappa shape index (κ2) is 8.32. The fraction of sp³-hybridized carbons (Fsp3) is 0.450. The molecule has 1 saturated heterocycles. The highest BCUT2D eigenvalue weighted by Gasteiger charge is 2.44. The number of halogens is 1. The predicted molar refractivity (Wildman–Crippen MR) is 107 cm³/mol. The molecule has 0 radical (unpaired) electrons. The van der Waals surface area contributed by atoms with Gasteiger partial charge in [-0.05, 0) is 30.9 Å². The molecule has 2 aromatic heterocycles. The minimum absolute atomic E-state index is 0.156. The summed E-state index contributed by atoms with van der Waals surface area (Å²) in [6.45, 7) is 3.48. The third kappa shape index (κ3) is 3.89. The fourth-order valence-electron chi connectivity index (χ4n) is 3.86. The first-order valence-corrected chi connectivity index (χ1v) is 10.2. The lowest BCUT2D eigenvalue weighted by molar-refractivity contribution is 0.0502. The number of likely N-dealkylation sites (tertiary alicyclic amines) is 1. The van der Waals surface area contributed by atoms with Gasteiger partial charge in [0.05, 0.1) is 5.02 Å². The Kier molecular flexibility index (Phi) is 5.62. The van der Waals surface area contributed by atoms with Gasteiger partial charge in [0.25, 0.3) is 5.91 Å². The minimum atomic E-state index is -1.01. The van der Waals surface area contributed by atoms with Crippen LogP contribution in [0.4, 0.5) is 10.6 Å². The quantitative estimate of drug-likeness (QED) is 0.753. The summed E-state index contributed by atoms with van der Waals surface area (Å²) in [6, 6.07) is 3.22. The van der Waals surface area contributed by atoms with Crippen molar-refractivity contribution in [3.63, 3.8) is 0 Å². The number of piperidine rings is 1. The summed E-state index contributed by atoms with van der Waals surface area (Å²) in [5.41, 5.74) is 0.465. The molecule has 2 aliphatic heterocycles. The van der Waals surface area contributed by atoms with Crippen molar-refractivity contribution in [3.05, 3.63) is 47.1 Å². The van der Waals surface area contributed by atoms with Crippen LogP contribution in [-0.2, 0) is 4.74 Å². The normalized spacial score (nSPS) is 19.4. The maximum atomic E-state index is 12.9. The topological polar surface area (TPSA) is 88.5 Å². The lowest BCUT2D eigenvalue weighted by Crippen LogP contribution is -2.41. The number of amides is 2. The number of aromatic nitrogens is 3. The van der Waals surface area contributed by atoms with E-state index in [-0.39, 0.29) is 5.69 Å². The first-order chi connectivity index (χ1) is 14.1. The summed E-state index contributed by atoms with van der Waals surface area (Å²) in [6.07, 6.45) is 7.13. The van der Waals surface area contributed by atoms with Crippen molar-refractivity contribution in [1.29, 1.82) is 0 Å². The van der Waals surface area contributed by atoms with Crippen molar-refractivity contribution in [2.24, 2.45) is 5.92 Å². The monoisotopic (exact) mass is 415 g/mol. The van der Waals surface area contributed by atoms with Crippen LogP contribution in [0.2, 0.25) is 5.02 Å². The maximum Gasteiger partial charge on any atom is 0.412 e. The zero-order chi connectivity index (χ0) is 20.4.